The first-order valence-electron chi connectivity index (χ1n) is 17.5. The number of nitrogen functional groups attached to an aromatic ring is 2. The molecule has 0 radical (unpaired) electrons. The Labute approximate surface area is 364 Å². The maximum Gasteiger partial charge on any atom is 0.412 e. The number of aliphatic hydroxyl groups is 2. The molecule has 1 amide bonds. The molecule has 0 spiro atoms. The Kier molecular flexibility index (Phi) is 19.3. The van der Waals surface area contributed by atoms with Crippen LogP contribution in [0.1, 0.15) is 44.6 Å². The molecule has 0 aliphatic carbocycles. The number of H-pyrrole nitrogens is 2. The standard InChI is InChI=1S/C16H13Cl2N3O2.C9H10N2O.C7H3Cl2NO.C6H8N2.C3H6O3/c1-9(15-20-13-4-2-3-5-14(13)21-15)23-16(22)19-10-6-7-11(17)12(18)8-10;1-6(12)9-10-7-4-2-3-5-8(7)11-9;8-6-2-1-5(10-4-11)3-7(6)9;7-5-3-1-2-4-6(5)8;1-2(4)3(5)6/h2-9H,1H3,(H,19,22)(H,20,21);2-6,12H,1H3,(H,10,11);1-3H;1-4H,7-8H2;2,4H,1H3,(H,5,6)/t9-;6-;;;2-/m00..0/s1. The van der Waals surface area contributed by atoms with E-state index in [1.165, 1.54) is 19.1 Å². The first kappa shape index (κ1) is 48.2. The summed E-state index contributed by atoms with van der Waals surface area (Å²) in [5, 5.41) is 29.2. The number of hydrogen-bond acceptors (Lipinski definition) is 11. The number of isocyanates is 1. The van der Waals surface area contributed by atoms with Gasteiger partial charge in [-0.05, 0) is 93.6 Å². The number of rotatable bonds is 6. The summed E-state index contributed by atoms with van der Waals surface area (Å²) >= 11 is 23.0. The molecule has 7 aromatic rings. The molecule has 15 nitrogen and oxygen atoms in total. The van der Waals surface area contributed by atoms with Crippen LogP contribution in [0.2, 0.25) is 20.1 Å². The second-order valence-electron chi connectivity index (χ2n) is 12.2. The fraction of sp³-hybridized carbons (Fsp3) is 0.146. The van der Waals surface area contributed by atoms with Crippen LogP contribution < -0.4 is 16.8 Å². The van der Waals surface area contributed by atoms with Gasteiger partial charge in [-0.15, -0.1) is 0 Å². The molecular formula is C41H40Cl4N8O7. The van der Waals surface area contributed by atoms with Gasteiger partial charge in [0.2, 0.25) is 6.08 Å². The summed E-state index contributed by atoms with van der Waals surface area (Å²) in [6.45, 7) is 4.63. The van der Waals surface area contributed by atoms with Gasteiger partial charge < -0.3 is 41.5 Å². The highest BCUT2D eigenvalue weighted by Crippen LogP contribution is 2.27. The van der Waals surface area contributed by atoms with Crippen molar-refractivity contribution in [3.8, 4) is 0 Å². The third-order valence-corrected chi connectivity index (χ3v) is 8.96. The van der Waals surface area contributed by atoms with Crippen LogP contribution in [0.4, 0.5) is 27.5 Å². The Balaban J connectivity index is 0.000000220. The molecule has 60 heavy (non-hydrogen) atoms. The van der Waals surface area contributed by atoms with Crippen LogP contribution in [0.25, 0.3) is 22.1 Å². The number of nitrogens with one attached hydrogen (secondary N) is 3. The number of carboxylic acid groups (broad SMARTS) is 1. The number of aromatic amines is 2. The number of amides is 1. The van der Waals surface area contributed by atoms with Gasteiger partial charge in [0, 0.05) is 5.69 Å². The summed E-state index contributed by atoms with van der Waals surface area (Å²) < 4.78 is 5.32. The highest BCUT2D eigenvalue weighted by molar-refractivity contribution is 6.42. The van der Waals surface area contributed by atoms with Gasteiger partial charge in [-0.25, -0.2) is 24.4 Å². The van der Waals surface area contributed by atoms with Crippen LogP contribution in [0, 0.1) is 0 Å². The minimum Gasteiger partial charge on any atom is -0.479 e. The lowest BCUT2D eigenvalue weighted by Gasteiger charge is -2.12. The number of hydrogen-bond donors (Lipinski definition) is 8. The summed E-state index contributed by atoms with van der Waals surface area (Å²) in [4.78, 5) is 49.3. The largest absolute Gasteiger partial charge is 0.479 e. The summed E-state index contributed by atoms with van der Waals surface area (Å²) in [6, 6.07) is 32.0. The van der Waals surface area contributed by atoms with Gasteiger partial charge in [0.05, 0.1) is 59.2 Å². The van der Waals surface area contributed by atoms with E-state index in [2.05, 4.69) is 30.2 Å². The van der Waals surface area contributed by atoms with Crippen LogP contribution in [0.15, 0.2) is 114 Å². The number of para-hydroxylation sites is 6. The number of carboxylic acids is 1. The molecule has 0 unspecified atom stereocenters. The lowest BCUT2D eigenvalue weighted by Crippen LogP contribution is -2.16. The fourth-order valence-corrected chi connectivity index (χ4v) is 4.98. The van der Waals surface area contributed by atoms with Gasteiger partial charge in [-0.3, -0.25) is 5.32 Å². The van der Waals surface area contributed by atoms with Crippen molar-refractivity contribution in [3.63, 3.8) is 0 Å². The van der Waals surface area contributed by atoms with E-state index in [1.54, 1.807) is 56.3 Å². The van der Waals surface area contributed by atoms with Crippen LogP contribution in [-0.2, 0) is 14.3 Å². The first-order valence-corrected chi connectivity index (χ1v) is 19.0. The normalized spacial score (nSPS) is 11.6. The lowest BCUT2D eigenvalue weighted by molar-refractivity contribution is -0.145. The highest BCUT2D eigenvalue weighted by atomic mass is 35.5. The Morgan fingerprint density at radius 3 is 1.63 bits per heavy atom. The number of imidazole rings is 2. The molecule has 10 N–H and O–H groups in total. The van der Waals surface area contributed by atoms with Crippen molar-refractivity contribution in [1.82, 2.24) is 19.9 Å². The van der Waals surface area contributed by atoms with E-state index in [0.29, 0.717) is 54.5 Å². The molecule has 2 heterocycles. The Hall–Kier alpha value is -6.16. The minimum absolute atomic E-state index is 0.356. The average molecular weight is 899 g/mol. The van der Waals surface area contributed by atoms with Gasteiger partial charge in [-0.1, -0.05) is 82.8 Å². The van der Waals surface area contributed by atoms with E-state index in [1.807, 2.05) is 60.7 Å². The molecule has 2 aromatic heterocycles. The summed E-state index contributed by atoms with van der Waals surface area (Å²) in [5.74, 6) is 0.0155. The number of carbonyl (C=O) groups is 2. The second-order valence-corrected chi connectivity index (χ2v) is 13.8. The van der Waals surface area contributed by atoms with Crippen molar-refractivity contribution < 1.29 is 34.4 Å². The molecule has 0 saturated carbocycles. The average Bonchev–Trinajstić information content (AvgIpc) is 3.86. The monoisotopic (exact) mass is 896 g/mol. The third kappa shape index (κ3) is 15.9. The molecule has 0 bridgehead atoms. The maximum absolute atomic E-state index is 12.0. The van der Waals surface area contributed by atoms with E-state index >= 15 is 0 Å². The number of anilines is 3. The Morgan fingerprint density at radius 1 is 0.717 bits per heavy atom. The van der Waals surface area contributed by atoms with Crippen LogP contribution >= 0.6 is 46.4 Å². The molecule has 0 aliphatic rings. The molecule has 314 valence electrons. The maximum atomic E-state index is 12.0. The van der Waals surface area contributed by atoms with E-state index in [4.69, 9.17) is 72.8 Å². The van der Waals surface area contributed by atoms with Crippen molar-refractivity contribution in [2.45, 2.75) is 39.1 Å². The van der Waals surface area contributed by atoms with E-state index in [0.717, 1.165) is 22.1 Å². The van der Waals surface area contributed by atoms with Crippen molar-refractivity contribution in [2.24, 2.45) is 4.99 Å². The predicted octanol–water partition coefficient (Wildman–Crippen LogP) is 10.1. The van der Waals surface area contributed by atoms with Crippen molar-refractivity contribution in [3.05, 3.63) is 141 Å². The van der Waals surface area contributed by atoms with Crippen LogP contribution in [0.3, 0.4) is 0 Å². The number of carbonyl (C=O) groups excluding carboxylic acids is 2. The number of aliphatic imine (C=N–C) groups is 1. The van der Waals surface area contributed by atoms with Crippen molar-refractivity contribution in [1.29, 1.82) is 0 Å². The third-order valence-electron chi connectivity index (χ3n) is 7.48. The highest BCUT2D eigenvalue weighted by Gasteiger charge is 2.16. The molecule has 5 aromatic carbocycles. The number of benzene rings is 5. The van der Waals surface area contributed by atoms with E-state index in [9.17, 15) is 19.5 Å². The number of aliphatic hydroxyl groups excluding tert-OH is 2. The molecular weight excluding hydrogens is 858 g/mol. The predicted molar refractivity (Wildman–Crippen MR) is 237 cm³/mol. The number of nitrogens with two attached hydrogens (primary N) is 2. The topological polar surface area (TPSA) is 255 Å². The number of halogens is 4. The zero-order valence-corrected chi connectivity index (χ0v) is 35.1. The number of aromatic nitrogens is 4. The van der Waals surface area contributed by atoms with Gasteiger partial charge in [-0.2, -0.15) is 4.99 Å². The number of aliphatic carboxylic acids is 1. The number of fused-ring (bicyclic) bond motifs is 2. The van der Waals surface area contributed by atoms with Gasteiger partial charge in [0.25, 0.3) is 0 Å². The Bertz CT molecular complexity index is 2460. The van der Waals surface area contributed by atoms with E-state index < -0.39 is 30.4 Å². The molecule has 19 heteroatoms. The number of nitrogens with zero attached hydrogens (tertiary/aromatic N) is 3. The molecule has 0 saturated heterocycles. The smallest absolute Gasteiger partial charge is 0.412 e. The SMILES string of the molecule is C[C@H](O)C(=O)O.C[C@H](O)c1nc2ccccc2[nH]1.C[C@H](OC(=O)Nc1ccc(Cl)c(Cl)c1)c1nc2ccccc2[nH]1.Nc1ccccc1N.O=C=Nc1ccc(Cl)c(Cl)c1. The molecule has 0 fully saturated rings. The molecule has 3 atom stereocenters. The molecule has 0 aliphatic heterocycles. The minimum atomic E-state index is -1.23. The summed E-state index contributed by atoms with van der Waals surface area (Å²) in [5.41, 5.74) is 16.6. The first-order chi connectivity index (χ1) is 28.5. The van der Waals surface area contributed by atoms with Crippen molar-refractivity contribution >= 4 is 109 Å². The summed E-state index contributed by atoms with van der Waals surface area (Å²) in [6.07, 6.45) is -1.48. The number of ether oxygens (including phenoxy) is 1. The molecule has 7 rings (SSSR count). The fourth-order valence-electron chi connectivity index (χ4n) is 4.39. The van der Waals surface area contributed by atoms with Gasteiger partial charge in [0.1, 0.15) is 23.9 Å². The Morgan fingerprint density at radius 2 is 1.18 bits per heavy atom. The van der Waals surface area contributed by atoms with Gasteiger partial charge >= 0.3 is 12.1 Å². The second kappa shape index (κ2) is 24.1. The van der Waals surface area contributed by atoms with Gasteiger partial charge in [0.15, 0.2) is 6.10 Å². The van der Waals surface area contributed by atoms with E-state index in [-0.39, 0.29) is 0 Å². The van der Waals surface area contributed by atoms with Crippen LogP contribution in [0.5, 0.6) is 0 Å². The van der Waals surface area contributed by atoms with Crippen molar-refractivity contribution in [2.75, 3.05) is 16.8 Å². The summed E-state index contributed by atoms with van der Waals surface area (Å²) in [7, 11) is 0. The van der Waals surface area contributed by atoms with Crippen LogP contribution in [-0.4, -0.2) is 59.5 Å². The quantitative estimate of drug-likeness (QED) is 0.0443. The lowest BCUT2D eigenvalue weighted by atomic mass is 10.3. The zero-order chi connectivity index (χ0) is 44.4. The zero-order valence-electron chi connectivity index (χ0n) is 32.1.